The highest BCUT2D eigenvalue weighted by molar-refractivity contribution is 5.88. The Kier molecular flexibility index (Phi) is 7.23. The standard InChI is InChI=1S/C18H27FN2O3.ClH/c1-5-23-15-12-18(20,17(15,2)3)16(22)21(4)10-11-24-14-9-7-6-8-13(14)19;/h6-9,15H,5,10-12,20H2,1-4H3;1H. The van der Waals surface area contributed by atoms with Crippen LogP contribution in [0.25, 0.3) is 0 Å². The van der Waals surface area contributed by atoms with Gasteiger partial charge in [-0.1, -0.05) is 26.0 Å². The second-order valence-corrected chi connectivity index (χ2v) is 6.85. The average Bonchev–Trinajstić information content (AvgIpc) is 2.55. The second-order valence-electron chi connectivity index (χ2n) is 6.85. The lowest BCUT2D eigenvalue weighted by molar-refractivity contribution is -0.178. The Balaban J connectivity index is 0.00000312. The van der Waals surface area contributed by atoms with E-state index >= 15 is 0 Å². The predicted molar refractivity (Wildman–Crippen MR) is 97.5 cm³/mol. The molecule has 25 heavy (non-hydrogen) atoms. The van der Waals surface area contributed by atoms with Crippen LogP contribution in [0.3, 0.4) is 0 Å². The molecule has 2 atom stereocenters. The summed E-state index contributed by atoms with van der Waals surface area (Å²) in [5.41, 5.74) is 5.01. The SMILES string of the molecule is CCOC1CC(N)(C(=O)N(C)CCOc2ccccc2F)C1(C)C.Cl. The summed E-state index contributed by atoms with van der Waals surface area (Å²) in [7, 11) is 1.69. The number of para-hydroxylation sites is 1. The fourth-order valence-electron chi connectivity index (χ4n) is 3.09. The molecule has 1 aliphatic rings. The van der Waals surface area contributed by atoms with Crippen LogP contribution in [0.1, 0.15) is 27.2 Å². The summed E-state index contributed by atoms with van der Waals surface area (Å²) in [6.07, 6.45) is 0.491. The van der Waals surface area contributed by atoms with Crippen molar-refractivity contribution in [3.8, 4) is 5.75 Å². The number of benzene rings is 1. The van der Waals surface area contributed by atoms with Gasteiger partial charge in [0, 0.05) is 25.5 Å². The number of rotatable bonds is 7. The van der Waals surface area contributed by atoms with Gasteiger partial charge in [0.05, 0.1) is 12.6 Å². The molecule has 2 rings (SSSR count). The van der Waals surface area contributed by atoms with Crippen LogP contribution in [0.5, 0.6) is 5.75 Å². The lowest BCUT2D eigenvalue weighted by atomic mass is 9.54. The van der Waals surface area contributed by atoms with Gasteiger partial charge in [0.1, 0.15) is 12.1 Å². The first-order valence-corrected chi connectivity index (χ1v) is 8.27. The van der Waals surface area contributed by atoms with Crippen molar-refractivity contribution in [2.45, 2.75) is 38.8 Å². The monoisotopic (exact) mass is 374 g/mol. The van der Waals surface area contributed by atoms with E-state index in [9.17, 15) is 9.18 Å². The summed E-state index contributed by atoms with van der Waals surface area (Å²) < 4.78 is 24.6. The van der Waals surface area contributed by atoms with Crippen LogP contribution >= 0.6 is 12.4 Å². The van der Waals surface area contributed by atoms with Crippen molar-refractivity contribution >= 4 is 18.3 Å². The summed E-state index contributed by atoms with van der Waals surface area (Å²) in [5, 5.41) is 0. The molecule has 2 unspecified atom stereocenters. The topological polar surface area (TPSA) is 64.8 Å². The van der Waals surface area contributed by atoms with Gasteiger partial charge >= 0.3 is 0 Å². The molecule has 7 heteroatoms. The van der Waals surface area contributed by atoms with E-state index in [2.05, 4.69) is 0 Å². The molecule has 1 fully saturated rings. The third kappa shape index (κ3) is 4.07. The largest absolute Gasteiger partial charge is 0.489 e. The molecule has 1 amide bonds. The second kappa shape index (κ2) is 8.34. The van der Waals surface area contributed by atoms with Gasteiger partial charge in [-0.2, -0.15) is 0 Å². The van der Waals surface area contributed by atoms with Crippen molar-refractivity contribution in [3.05, 3.63) is 30.1 Å². The number of halogens is 2. The number of carbonyl (C=O) groups is 1. The summed E-state index contributed by atoms with van der Waals surface area (Å²) in [6.45, 7) is 6.98. The summed E-state index contributed by atoms with van der Waals surface area (Å²) in [6, 6.07) is 6.20. The van der Waals surface area contributed by atoms with E-state index in [-0.39, 0.29) is 36.8 Å². The molecule has 5 nitrogen and oxygen atoms in total. The number of nitrogens with two attached hydrogens (primary N) is 1. The Morgan fingerprint density at radius 2 is 2.04 bits per heavy atom. The van der Waals surface area contributed by atoms with E-state index < -0.39 is 16.8 Å². The third-order valence-corrected chi connectivity index (χ3v) is 5.08. The van der Waals surface area contributed by atoms with Crippen molar-refractivity contribution in [2.75, 3.05) is 26.8 Å². The highest BCUT2D eigenvalue weighted by atomic mass is 35.5. The zero-order valence-corrected chi connectivity index (χ0v) is 16.1. The third-order valence-electron chi connectivity index (χ3n) is 5.08. The lowest BCUT2D eigenvalue weighted by Crippen LogP contribution is -2.75. The Morgan fingerprint density at radius 1 is 1.40 bits per heavy atom. The first-order valence-electron chi connectivity index (χ1n) is 8.27. The minimum Gasteiger partial charge on any atom is -0.489 e. The molecular weight excluding hydrogens is 347 g/mol. The number of ether oxygens (including phenoxy) is 2. The quantitative estimate of drug-likeness (QED) is 0.796. The molecule has 142 valence electrons. The number of amides is 1. The Morgan fingerprint density at radius 3 is 2.60 bits per heavy atom. The first-order chi connectivity index (χ1) is 11.2. The fraction of sp³-hybridized carbons (Fsp3) is 0.611. The molecule has 2 N–H and O–H groups in total. The minimum atomic E-state index is -0.945. The van der Waals surface area contributed by atoms with Crippen molar-refractivity contribution in [1.82, 2.24) is 4.90 Å². The summed E-state index contributed by atoms with van der Waals surface area (Å²) >= 11 is 0. The Hall–Kier alpha value is -1.37. The molecule has 0 saturated heterocycles. The molecule has 0 radical (unpaired) electrons. The molecule has 1 aromatic carbocycles. The van der Waals surface area contributed by atoms with Gasteiger partial charge in [-0.3, -0.25) is 4.79 Å². The van der Waals surface area contributed by atoms with E-state index in [0.29, 0.717) is 19.6 Å². The van der Waals surface area contributed by atoms with Crippen LogP contribution in [0.4, 0.5) is 4.39 Å². The Bertz CT molecular complexity index is 599. The molecule has 0 aromatic heterocycles. The number of likely N-dealkylation sites (N-methyl/N-ethyl adjacent to an activating group) is 1. The average molecular weight is 375 g/mol. The lowest BCUT2D eigenvalue weighted by Gasteiger charge is -2.58. The molecule has 0 bridgehead atoms. The Labute approximate surface area is 155 Å². The maximum Gasteiger partial charge on any atom is 0.243 e. The van der Waals surface area contributed by atoms with Crippen LogP contribution in [0, 0.1) is 11.2 Å². The van der Waals surface area contributed by atoms with Crippen LogP contribution in [0.2, 0.25) is 0 Å². The van der Waals surface area contributed by atoms with Gasteiger partial charge < -0.3 is 20.1 Å². The molecule has 1 saturated carbocycles. The van der Waals surface area contributed by atoms with E-state index in [4.69, 9.17) is 15.2 Å². The smallest absolute Gasteiger partial charge is 0.243 e. The minimum absolute atomic E-state index is 0. The number of hydrogen-bond acceptors (Lipinski definition) is 4. The van der Waals surface area contributed by atoms with E-state index in [1.165, 1.54) is 6.07 Å². The fourth-order valence-corrected chi connectivity index (χ4v) is 3.09. The zero-order chi connectivity index (χ0) is 18.0. The molecule has 0 spiro atoms. The van der Waals surface area contributed by atoms with Gasteiger partial charge in [0.15, 0.2) is 11.6 Å². The van der Waals surface area contributed by atoms with Crippen molar-refractivity contribution in [1.29, 1.82) is 0 Å². The molecule has 0 heterocycles. The molecule has 1 aromatic rings. The van der Waals surface area contributed by atoms with Gasteiger partial charge in [-0.05, 0) is 19.1 Å². The van der Waals surface area contributed by atoms with E-state index in [0.717, 1.165) is 0 Å². The first kappa shape index (κ1) is 21.7. The number of carbonyl (C=O) groups excluding carboxylic acids is 1. The van der Waals surface area contributed by atoms with Gasteiger partial charge in [0.25, 0.3) is 0 Å². The zero-order valence-electron chi connectivity index (χ0n) is 15.3. The molecular formula is C18H28ClFN2O3. The number of hydrogen-bond donors (Lipinski definition) is 1. The van der Waals surface area contributed by atoms with Gasteiger partial charge in [0.2, 0.25) is 5.91 Å². The van der Waals surface area contributed by atoms with Crippen molar-refractivity contribution < 1.29 is 18.7 Å². The van der Waals surface area contributed by atoms with E-state index in [1.54, 1.807) is 30.1 Å². The van der Waals surface area contributed by atoms with Crippen molar-refractivity contribution in [2.24, 2.45) is 11.1 Å². The van der Waals surface area contributed by atoms with Gasteiger partial charge in [-0.15, -0.1) is 12.4 Å². The summed E-state index contributed by atoms with van der Waals surface area (Å²) in [5.74, 6) is -0.372. The van der Waals surface area contributed by atoms with E-state index in [1.807, 2.05) is 20.8 Å². The maximum atomic E-state index is 13.5. The predicted octanol–water partition coefficient (Wildman–Crippen LogP) is 2.62. The van der Waals surface area contributed by atoms with Crippen LogP contribution < -0.4 is 10.5 Å². The molecule has 0 aliphatic heterocycles. The van der Waals surface area contributed by atoms with Crippen LogP contribution in [0.15, 0.2) is 24.3 Å². The highest BCUT2D eigenvalue weighted by Gasteiger charge is 2.63. The number of nitrogens with zero attached hydrogens (tertiary/aromatic N) is 1. The maximum absolute atomic E-state index is 13.5. The van der Waals surface area contributed by atoms with Crippen LogP contribution in [-0.4, -0.2) is 49.3 Å². The van der Waals surface area contributed by atoms with Crippen LogP contribution in [-0.2, 0) is 9.53 Å². The normalized spacial score (nSPS) is 24.0. The van der Waals surface area contributed by atoms with Crippen molar-refractivity contribution in [3.63, 3.8) is 0 Å². The summed E-state index contributed by atoms with van der Waals surface area (Å²) in [4.78, 5) is 14.3. The van der Waals surface area contributed by atoms with Gasteiger partial charge in [-0.25, -0.2) is 4.39 Å². The molecule has 1 aliphatic carbocycles. The highest BCUT2D eigenvalue weighted by Crippen LogP contribution is 2.50.